The fourth-order valence-corrected chi connectivity index (χ4v) is 2.33. The van der Waals surface area contributed by atoms with Crippen molar-refractivity contribution in [3.05, 3.63) is 27.7 Å². The Morgan fingerprint density at radius 2 is 2.10 bits per heavy atom. The van der Waals surface area contributed by atoms with Crippen molar-refractivity contribution in [1.82, 2.24) is 9.80 Å². The number of carbonyl (C=O) groups excluding carboxylic acids is 2. The van der Waals surface area contributed by atoms with Crippen molar-refractivity contribution in [1.29, 1.82) is 0 Å². The molecule has 1 fully saturated rings. The van der Waals surface area contributed by atoms with Gasteiger partial charge in [0.25, 0.3) is 0 Å². The second-order valence-electron chi connectivity index (χ2n) is 4.66. The van der Waals surface area contributed by atoms with E-state index in [1.807, 2.05) is 6.07 Å². The third-order valence-corrected chi connectivity index (χ3v) is 3.68. The molecule has 6 nitrogen and oxygen atoms in total. The summed E-state index contributed by atoms with van der Waals surface area (Å²) >= 11 is 2.06. The fourth-order valence-electron chi connectivity index (χ4n) is 1.89. The van der Waals surface area contributed by atoms with E-state index < -0.39 is 0 Å². The maximum Gasteiger partial charge on any atom is 0.246 e. The van der Waals surface area contributed by atoms with Crippen LogP contribution in [0.1, 0.15) is 5.76 Å². The molecule has 1 aliphatic heterocycles. The highest BCUT2D eigenvalue weighted by Crippen LogP contribution is 2.11. The Labute approximate surface area is 136 Å². The molecule has 1 aromatic rings. The van der Waals surface area contributed by atoms with Crippen LogP contribution in [-0.2, 0) is 14.3 Å². The lowest BCUT2D eigenvalue weighted by molar-refractivity contribution is -0.140. The van der Waals surface area contributed by atoms with Gasteiger partial charge in [0.05, 0.1) is 19.8 Å². The first-order valence-corrected chi connectivity index (χ1v) is 7.68. The lowest BCUT2D eigenvalue weighted by Crippen LogP contribution is -2.45. The molecule has 21 heavy (non-hydrogen) atoms. The lowest BCUT2D eigenvalue weighted by Gasteiger charge is -2.28. The normalized spacial score (nSPS) is 15.4. The summed E-state index contributed by atoms with van der Waals surface area (Å²) in [6.07, 6.45) is 3.00. The van der Waals surface area contributed by atoms with Gasteiger partial charge in [-0.25, -0.2) is 0 Å². The van der Waals surface area contributed by atoms with E-state index in [-0.39, 0.29) is 18.4 Å². The maximum atomic E-state index is 12.0. The smallest absolute Gasteiger partial charge is 0.246 e. The molecule has 0 N–H and O–H groups in total. The van der Waals surface area contributed by atoms with E-state index in [2.05, 4.69) is 22.6 Å². The molecule has 2 amide bonds. The molecule has 0 radical (unpaired) electrons. The summed E-state index contributed by atoms with van der Waals surface area (Å²) in [5.74, 6) is 0.318. The van der Waals surface area contributed by atoms with Gasteiger partial charge in [0.15, 0.2) is 3.77 Å². The van der Waals surface area contributed by atoms with Gasteiger partial charge < -0.3 is 19.0 Å². The predicted molar refractivity (Wildman–Crippen MR) is 85.5 cm³/mol. The SMILES string of the molecule is CN(CC(=O)N1CCOCC1)C(=O)C=Cc1ccc(I)o1. The Kier molecular flexibility index (Phi) is 5.80. The summed E-state index contributed by atoms with van der Waals surface area (Å²) < 4.78 is 11.3. The molecule has 0 aliphatic carbocycles. The number of furan rings is 1. The lowest BCUT2D eigenvalue weighted by atomic mass is 10.3. The Morgan fingerprint density at radius 1 is 1.38 bits per heavy atom. The van der Waals surface area contributed by atoms with Crippen LogP contribution in [0, 0.1) is 3.77 Å². The first-order chi connectivity index (χ1) is 10.1. The van der Waals surface area contributed by atoms with Crippen LogP contribution in [-0.4, -0.2) is 61.5 Å². The van der Waals surface area contributed by atoms with Gasteiger partial charge >= 0.3 is 0 Å². The van der Waals surface area contributed by atoms with Gasteiger partial charge in [-0.3, -0.25) is 9.59 Å². The van der Waals surface area contributed by atoms with E-state index in [0.717, 1.165) is 3.77 Å². The number of hydrogen-bond acceptors (Lipinski definition) is 4. The summed E-state index contributed by atoms with van der Waals surface area (Å²) in [7, 11) is 1.61. The molecule has 0 saturated carbocycles. The quantitative estimate of drug-likeness (QED) is 0.559. The van der Waals surface area contributed by atoms with E-state index in [9.17, 15) is 9.59 Å². The Bertz CT molecular complexity index is 535. The van der Waals surface area contributed by atoms with Crippen LogP contribution in [0.4, 0.5) is 0 Å². The monoisotopic (exact) mass is 404 g/mol. The van der Waals surface area contributed by atoms with Crippen LogP contribution in [0.2, 0.25) is 0 Å². The molecule has 0 aromatic carbocycles. The van der Waals surface area contributed by atoms with E-state index in [0.29, 0.717) is 32.1 Å². The van der Waals surface area contributed by atoms with Gasteiger partial charge in [-0.2, -0.15) is 0 Å². The number of likely N-dealkylation sites (N-methyl/N-ethyl adjacent to an activating group) is 1. The molecule has 2 rings (SSSR count). The van der Waals surface area contributed by atoms with Gasteiger partial charge in [0.1, 0.15) is 5.76 Å². The van der Waals surface area contributed by atoms with Crippen molar-refractivity contribution in [2.75, 3.05) is 39.9 Å². The number of nitrogens with zero attached hydrogens (tertiary/aromatic N) is 2. The molecule has 0 unspecified atom stereocenters. The molecule has 1 saturated heterocycles. The highest BCUT2D eigenvalue weighted by Gasteiger charge is 2.19. The van der Waals surface area contributed by atoms with Gasteiger partial charge in [0, 0.05) is 26.2 Å². The number of morpholine rings is 1. The number of amides is 2. The van der Waals surface area contributed by atoms with Gasteiger partial charge in [-0.05, 0) is 40.8 Å². The number of ether oxygens (including phenoxy) is 1. The maximum absolute atomic E-state index is 12.0. The van der Waals surface area contributed by atoms with E-state index in [1.54, 1.807) is 24.1 Å². The minimum absolute atomic E-state index is 0.0601. The standard InChI is InChI=1S/C14H17IN2O4/c1-16(10-14(19)17-6-8-20-9-7-17)13(18)5-3-11-2-4-12(15)21-11/h2-5H,6-10H2,1H3. The number of rotatable bonds is 4. The molecule has 114 valence electrons. The van der Waals surface area contributed by atoms with Crippen LogP contribution in [0.3, 0.4) is 0 Å². The zero-order valence-corrected chi connectivity index (χ0v) is 13.9. The van der Waals surface area contributed by atoms with Crippen molar-refractivity contribution in [2.45, 2.75) is 0 Å². The number of halogens is 1. The molecule has 7 heteroatoms. The van der Waals surface area contributed by atoms with Crippen molar-refractivity contribution in [3.63, 3.8) is 0 Å². The summed E-state index contributed by atoms with van der Waals surface area (Å²) in [6, 6.07) is 3.60. The first-order valence-electron chi connectivity index (χ1n) is 6.60. The Hall–Kier alpha value is -1.35. The average molecular weight is 404 g/mol. The third kappa shape index (κ3) is 4.85. The first kappa shape index (κ1) is 16.0. The average Bonchev–Trinajstić information content (AvgIpc) is 2.91. The second-order valence-corrected chi connectivity index (χ2v) is 5.73. The van der Waals surface area contributed by atoms with Crippen molar-refractivity contribution in [2.24, 2.45) is 0 Å². The Balaban J connectivity index is 1.84. The van der Waals surface area contributed by atoms with E-state index in [4.69, 9.17) is 9.15 Å². The molecule has 0 bridgehead atoms. The number of carbonyl (C=O) groups is 2. The second kappa shape index (κ2) is 7.60. The van der Waals surface area contributed by atoms with Crippen LogP contribution in [0.15, 0.2) is 22.6 Å². The molecular formula is C14H17IN2O4. The summed E-state index contributed by atoms with van der Waals surface area (Å²) in [5.41, 5.74) is 0. The van der Waals surface area contributed by atoms with Crippen LogP contribution in [0.25, 0.3) is 6.08 Å². The number of hydrogen-bond donors (Lipinski definition) is 0. The van der Waals surface area contributed by atoms with E-state index >= 15 is 0 Å². The minimum Gasteiger partial charge on any atom is -0.451 e. The zero-order valence-electron chi connectivity index (χ0n) is 11.8. The highest BCUT2D eigenvalue weighted by molar-refractivity contribution is 14.1. The molecule has 0 spiro atoms. The molecule has 0 atom stereocenters. The summed E-state index contributed by atoms with van der Waals surface area (Å²) in [5, 5.41) is 0. The van der Waals surface area contributed by atoms with E-state index in [1.165, 1.54) is 11.0 Å². The third-order valence-electron chi connectivity index (χ3n) is 3.10. The van der Waals surface area contributed by atoms with Gasteiger partial charge in [0.2, 0.25) is 11.8 Å². The van der Waals surface area contributed by atoms with Crippen LogP contribution < -0.4 is 0 Å². The highest BCUT2D eigenvalue weighted by atomic mass is 127. The predicted octanol–water partition coefficient (Wildman–Crippen LogP) is 1.21. The van der Waals surface area contributed by atoms with Crippen LogP contribution >= 0.6 is 22.6 Å². The summed E-state index contributed by atoms with van der Waals surface area (Å²) in [6.45, 7) is 2.35. The van der Waals surface area contributed by atoms with Crippen molar-refractivity contribution >= 4 is 40.5 Å². The zero-order chi connectivity index (χ0) is 15.2. The molecule has 1 aromatic heterocycles. The fraction of sp³-hybridized carbons (Fsp3) is 0.429. The largest absolute Gasteiger partial charge is 0.451 e. The Morgan fingerprint density at radius 3 is 2.71 bits per heavy atom. The topological polar surface area (TPSA) is 63.0 Å². The minimum atomic E-state index is -0.233. The molecular weight excluding hydrogens is 387 g/mol. The molecule has 2 heterocycles. The molecule has 1 aliphatic rings. The van der Waals surface area contributed by atoms with Gasteiger partial charge in [-0.15, -0.1) is 0 Å². The van der Waals surface area contributed by atoms with Gasteiger partial charge in [-0.1, -0.05) is 0 Å². The summed E-state index contributed by atoms with van der Waals surface area (Å²) in [4.78, 5) is 27.1. The van der Waals surface area contributed by atoms with Crippen molar-refractivity contribution < 1.29 is 18.7 Å². The van der Waals surface area contributed by atoms with Crippen LogP contribution in [0.5, 0.6) is 0 Å². The van der Waals surface area contributed by atoms with Crippen molar-refractivity contribution in [3.8, 4) is 0 Å².